The van der Waals surface area contributed by atoms with Crippen LogP contribution in [-0.2, 0) is 9.53 Å². The average molecular weight is 281 g/mol. The van der Waals surface area contributed by atoms with Gasteiger partial charge in [0.2, 0.25) is 0 Å². The highest BCUT2D eigenvalue weighted by Crippen LogP contribution is 2.28. The van der Waals surface area contributed by atoms with Crippen LogP contribution in [0.1, 0.15) is 25.3 Å². The van der Waals surface area contributed by atoms with Gasteiger partial charge in [0, 0.05) is 6.61 Å². The summed E-state index contributed by atoms with van der Waals surface area (Å²) >= 11 is 0. The van der Waals surface area contributed by atoms with Crippen molar-refractivity contribution in [1.82, 2.24) is 0 Å². The summed E-state index contributed by atoms with van der Waals surface area (Å²) in [5.41, 5.74) is 4.49. The van der Waals surface area contributed by atoms with Crippen LogP contribution in [0.5, 0.6) is 0 Å². The number of carbonyl (C=O) groups is 1. The van der Waals surface area contributed by atoms with Crippen molar-refractivity contribution in [2.45, 2.75) is 25.4 Å². The lowest BCUT2D eigenvalue weighted by molar-refractivity contribution is -0.133. The molecule has 0 aromatic heterocycles. The van der Waals surface area contributed by atoms with Gasteiger partial charge >= 0.3 is 0 Å². The Morgan fingerprint density at radius 2 is 2.35 bits per heavy atom. The Hall–Kier alpha value is -2.15. The van der Waals surface area contributed by atoms with Gasteiger partial charge in [-0.25, -0.2) is 4.39 Å². The number of nitrogens with zero attached hydrogens (tertiary/aromatic N) is 1. The molecule has 20 heavy (non-hydrogen) atoms. The Labute approximate surface area is 115 Å². The zero-order valence-corrected chi connectivity index (χ0v) is 11.0. The summed E-state index contributed by atoms with van der Waals surface area (Å²) in [6, 6.07) is 4.07. The monoisotopic (exact) mass is 281 g/mol. The summed E-state index contributed by atoms with van der Waals surface area (Å²) in [6.45, 7) is 2.19. The molecule has 1 aromatic carbocycles. The fourth-order valence-corrected chi connectivity index (χ4v) is 2.15. The zero-order chi connectivity index (χ0) is 14.8. The normalized spacial score (nSPS) is 22.8. The van der Waals surface area contributed by atoms with E-state index in [9.17, 15) is 9.18 Å². The van der Waals surface area contributed by atoms with Crippen molar-refractivity contribution in [1.29, 1.82) is 0 Å². The van der Waals surface area contributed by atoms with E-state index in [2.05, 4.69) is 10.5 Å². The van der Waals surface area contributed by atoms with Crippen molar-refractivity contribution < 1.29 is 19.1 Å². The molecule has 1 atom stereocenters. The number of rotatable bonds is 3. The molecule has 0 radical (unpaired) electrons. The van der Waals surface area contributed by atoms with Gasteiger partial charge in [-0.2, -0.15) is 0 Å². The van der Waals surface area contributed by atoms with Crippen molar-refractivity contribution in [3.63, 3.8) is 0 Å². The largest absolute Gasteiger partial charge is 0.409 e. The standard InChI is InChI=1S/C13H16FN3O3/c1-13(6-3-7-20-13)12(18)16-9-5-2-4-8(14)10(9)11(15)17-19/h2,4-5,19H,3,6-7H2,1H3,(H2,15,17)(H,16,18). The second-order valence-corrected chi connectivity index (χ2v) is 4.78. The van der Waals surface area contributed by atoms with Gasteiger partial charge < -0.3 is 21.0 Å². The Kier molecular flexibility index (Phi) is 3.89. The molecule has 1 aliphatic rings. The van der Waals surface area contributed by atoms with Crippen LogP contribution in [0.2, 0.25) is 0 Å². The van der Waals surface area contributed by atoms with Crippen LogP contribution < -0.4 is 11.1 Å². The molecular weight excluding hydrogens is 265 g/mol. The van der Waals surface area contributed by atoms with E-state index < -0.39 is 17.3 Å². The highest BCUT2D eigenvalue weighted by molar-refractivity contribution is 6.07. The first kappa shape index (κ1) is 14.3. The Bertz CT molecular complexity index is 554. The van der Waals surface area contributed by atoms with E-state index in [1.54, 1.807) is 6.92 Å². The molecule has 1 heterocycles. The number of amidine groups is 1. The summed E-state index contributed by atoms with van der Waals surface area (Å²) in [5.74, 6) is -1.47. The van der Waals surface area contributed by atoms with Crippen molar-refractivity contribution in [2.24, 2.45) is 10.9 Å². The van der Waals surface area contributed by atoms with Gasteiger partial charge in [0.05, 0.1) is 11.3 Å². The van der Waals surface area contributed by atoms with E-state index in [0.717, 1.165) is 12.5 Å². The van der Waals surface area contributed by atoms with E-state index in [0.29, 0.717) is 13.0 Å². The number of hydrogen-bond donors (Lipinski definition) is 3. The molecule has 1 unspecified atom stereocenters. The quantitative estimate of drug-likeness (QED) is 0.338. The SMILES string of the molecule is CC1(C(=O)Nc2cccc(F)c2/C(N)=N/O)CCCO1. The molecule has 0 spiro atoms. The lowest BCUT2D eigenvalue weighted by Gasteiger charge is -2.22. The van der Waals surface area contributed by atoms with E-state index in [4.69, 9.17) is 15.7 Å². The van der Waals surface area contributed by atoms with Crippen LogP contribution in [0.25, 0.3) is 0 Å². The number of amides is 1. The highest BCUT2D eigenvalue weighted by Gasteiger charge is 2.38. The predicted molar refractivity (Wildman–Crippen MR) is 71.1 cm³/mol. The first-order chi connectivity index (χ1) is 9.48. The number of anilines is 1. The van der Waals surface area contributed by atoms with E-state index in [1.807, 2.05) is 0 Å². The molecule has 7 heteroatoms. The third kappa shape index (κ3) is 2.57. The lowest BCUT2D eigenvalue weighted by atomic mass is 10.0. The molecule has 1 aliphatic heterocycles. The molecule has 6 nitrogen and oxygen atoms in total. The molecule has 0 bridgehead atoms. The number of carbonyl (C=O) groups excluding carboxylic acids is 1. The van der Waals surface area contributed by atoms with Crippen molar-refractivity contribution in [3.8, 4) is 0 Å². The van der Waals surface area contributed by atoms with Gasteiger partial charge in [-0.15, -0.1) is 0 Å². The van der Waals surface area contributed by atoms with E-state index in [1.165, 1.54) is 12.1 Å². The molecule has 0 aliphatic carbocycles. The maximum absolute atomic E-state index is 13.8. The van der Waals surface area contributed by atoms with Crippen LogP contribution in [0.3, 0.4) is 0 Å². The summed E-state index contributed by atoms with van der Waals surface area (Å²) in [6.07, 6.45) is 1.38. The smallest absolute Gasteiger partial charge is 0.256 e. The van der Waals surface area contributed by atoms with Crippen LogP contribution in [-0.4, -0.2) is 29.2 Å². The fraction of sp³-hybridized carbons (Fsp3) is 0.385. The molecule has 0 saturated carbocycles. The van der Waals surface area contributed by atoms with Crippen molar-refractivity contribution in [3.05, 3.63) is 29.6 Å². The second kappa shape index (κ2) is 5.46. The summed E-state index contributed by atoms with van der Waals surface area (Å²) in [7, 11) is 0. The van der Waals surface area contributed by atoms with Gasteiger partial charge in [0.15, 0.2) is 5.84 Å². The highest BCUT2D eigenvalue weighted by atomic mass is 19.1. The number of nitrogens with two attached hydrogens (primary N) is 1. The minimum atomic E-state index is -0.936. The van der Waals surface area contributed by atoms with Crippen LogP contribution in [0.4, 0.5) is 10.1 Å². The van der Waals surface area contributed by atoms with E-state index >= 15 is 0 Å². The maximum atomic E-state index is 13.8. The third-order valence-corrected chi connectivity index (χ3v) is 3.32. The Morgan fingerprint density at radius 3 is 2.95 bits per heavy atom. The molecule has 1 saturated heterocycles. The molecule has 2 rings (SSSR count). The van der Waals surface area contributed by atoms with Gasteiger partial charge in [0.1, 0.15) is 11.4 Å². The minimum Gasteiger partial charge on any atom is -0.409 e. The van der Waals surface area contributed by atoms with Crippen molar-refractivity contribution in [2.75, 3.05) is 11.9 Å². The summed E-state index contributed by atoms with van der Waals surface area (Å²) in [5, 5.41) is 14.0. The maximum Gasteiger partial charge on any atom is 0.256 e. The van der Waals surface area contributed by atoms with E-state index in [-0.39, 0.29) is 17.2 Å². The first-order valence-electron chi connectivity index (χ1n) is 6.20. The zero-order valence-electron chi connectivity index (χ0n) is 11.0. The first-order valence-corrected chi connectivity index (χ1v) is 6.20. The number of oxime groups is 1. The molecular formula is C13H16FN3O3. The van der Waals surface area contributed by atoms with Gasteiger partial charge in [0.25, 0.3) is 5.91 Å². The second-order valence-electron chi connectivity index (χ2n) is 4.78. The average Bonchev–Trinajstić information content (AvgIpc) is 2.86. The molecule has 1 fully saturated rings. The molecule has 4 N–H and O–H groups in total. The predicted octanol–water partition coefficient (Wildman–Crippen LogP) is 1.43. The molecule has 1 amide bonds. The topological polar surface area (TPSA) is 96.9 Å². The van der Waals surface area contributed by atoms with Gasteiger partial charge in [-0.1, -0.05) is 11.2 Å². The Balaban J connectivity index is 2.30. The molecule has 1 aromatic rings. The fourth-order valence-electron chi connectivity index (χ4n) is 2.15. The van der Waals surface area contributed by atoms with Gasteiger partial charge in [-0.05, 0) is 31.9 Å². The van der Waals surface area contributed by atoms with Crippen LogP contribution >= 0.6 is 0 Å². The lowest BCUT2D eigenvalue weighted by Crippen LogP contribution is -2.39. The molecule has 108 valence electrons. The number of nitrogens with one attached hydrogen (secondary N) is 1. The number of halogens is 1. The third-order valence-electron chi connectivity index (χ3n) is 3.32. The van der Waals surface area contributed by atoms with Crippen LogP contribution in [0, 0.1) is 5.82 Å². The minimum absolute atomic E-state index is 0.141. The Morgan fingerprint density at radius 1 is 1.60 bits per heavy atom. The van der Waals surface area contributed by atoms with Gasteiger partial charge in [-0.3, -0.25) is 4.79 Å². The summed E-state index contributed by atoms with van der Waals surface area (Å²) in [4.78, 5) is 12.2. The van der Waals surface area contributed by atoms with Crippen LogP contribution in [0.15, 0.2) is 23.4 Å². The van der Waals surface area contributed by atoms with Crippen molar-refractivity contribution >= 4 is 17.4 Å². The number of ether oxygens (including phenoxy) is 1. The summed E-state index contributed by atoms with van der Waals surface area (Å²) < 4.78 is 19.2. The number of hydrogen-bond acceptors (Lipinski definition) is 4. The number of benzene rings is 1.